The van der Waals surface area contributed by atoms with Crippen molar-refractivity contribution in [1.82, 2.24) is 4.98 Å². The molecule has 5 nitrogen and oxygen atoms in total. The number of carboxylic acids is 1. The van der Waals surface area contributed by atoms with Crippen molar-refractivity contribution < 1.29 is 14.3 Å². The highest BCUT2D eigenvalue weighted by molar-refractivity contribution is 5.77. The lowest BCUT2D eigenvalue weighted by Gasteiger charge is -1.93. The van der Waals surface area contributed by atoms with E-state index in [-0.39, 0.29) is 12.1 Å². The molecule has 1 heterocycles. The van der Waals surface area contributed by atoms with Crippen molar-refractivity contribution in [2.75, 3.05) is 0 Å². The first-order valence-electron chi connectivity index (χ1n) is 4.40. The van der Waals surface area contributed by atoms with E-state index in [9.17, 15) is 9.18 Å². The number of aliphatic carboxylic acids is 1. The van der Waals surface area contributed by atoms with Gasteiger partial charge in [-0.2, -0.15) is 0 Å². The van der Waals surface area contributed by atoms with E-state index >= 15 is 0 Å². The molecule has 1 aromatic heterocycles. The molecular formula is C10H10FN3O2. The molecule has 0 saturated carbocycles. The third kappa shape index (κ3) is 4.32. The second-order valence-corrected chi connectivity index (χ2v) is 2.92. The molecule has 0 aliphatic heterocycles. The predicted octanol–water partition coefficient (Wildman–Crippen LogP) is 1.24. The fourth-order valence-corrected chi connectivity index (χ4v) is 0.887. The van der Waals surface area contributed by atoms with Gasteiger partial charge in [0.1, 0.15) is 5.82 Å². The first-order chi connectivity index (χ1) is 7.58. The van der Waals surface area contributed by atoms with Crippen LogP contribution < -0.4 is 5.73 Å². The largest absolute Gasteiger partial charge is 0.481 e. The highest BCUT2D eigenvalue weighted by Gasteiger charge is 1.97. The molecule has 0 amide bonds. The summed E-state index contributed by atoms with van der Waals surface area (Å²) in [5.74, 6) is -1.14. The molecule has 0 aromatic carbocycles. The van der Waals surface area contributed by atoms with Gasteiger partial charge in [-0.05, 0) is 18.2 Å². The molecule has 0 aliphatic carbocycles. The SMILES string of the molecule is NC(=CC=Nc1ccc(F)cn1)CC(=O)O. The first-order valence-corrected chi connectivity index (χ1v) is 4.40. The van der Waals surface area contributed by atoms with Crippen LogP contribution in [0.5, 0.6) is 0 Å². The normalized spacial score (nSPS) is 11.9. The van der Waals surface area contributed by atoms with E-state index in [1.54, 1.807) is 0 Å². The maximum atomic E-state index is 12.5. The summed E-state index contributed by atoms with van der Waals surface area (Å²) < 4.78 is 12.5. The van der Waals surface area contributed by atoms with E-state index in [1.807, 2.05) is 0 Å². The molecule has 0 saturated heterocycles. The van der Waals surface area contributed by atoms with Crippen LogP contribution in [0.2, 0.25) is 0 Å². The standard InChI is InChI=1S/C10H10FN3O2/c11-7-1-2-9(14-6-7)13-4-3-8(12)5-10(15)16/h1-4,6H,5,12H2,(H,15,16). The van der Waals surface area contributed by atoms with E-state index in [2.05, 4.69) is 9.98 Å². The zero-order chi connectivity index (χ0) is 12.0. The third-order valence-corrected chi connectivity index (χ3v) is 1.56. The van der Waals surface area contributed by atoms with Crippen molar-refractivity contribution >= 4 is 18.0 Å². The Labute approximate surface area is 91.1 Å². The quantitative estimate of drug-likeness (QED) is 0.751. The number of carboxylic acid groups (broad SMARTS) is 1. The Morgan fingerprint density at radius 2 is 2.38 bits per heavy atom. The van der Waals surface area contributed by atoms with Crippen LogP contribution in [0.3, 0.4) is 0 Å². The number of nitrogens with two attached hydrogens (primary N) is 1. The van der Waals surface area contributed by atoms with Gasteiger partial charge in [0.05, 0.1) is 12.6 Å². The van der Waals surface area contributed by atoms with Gasteiger partial charge >= 0.3 is 5.97 Å². The highest BCUT2D eigenvalue weighted by atomic mass is 19.1. The lowest BCUT2D eigenvalue weighted by atomic mass is 10.3. The van der Waals surface area contributed by atoms with E-state index in [4.69, 9.17) is 10.8 Å². The summed E-state index contributed by atoms with van der Waals surface area (Å²) in [6.45, 7) is 0. The average molecular weight is 223 g/mol. The van der Waals surface area contributed by atoms with Crippen molar-refractivity contribution in [3.05, 3.63) is 35.9 Å². The molecule has 0 spiro atoms. The zero-order valence-electron chi connectivity index (χ0n) is 8.30. The highest BCUT2D eigenvalue weighted by Crippen LogP contribution is 2.06. The molecule has 0 unspecified atom stereocenters. The minimum Gasteiger partial charge on any atom is -0.481 e. The number of allylic oxidation sites excluding steroid dienone is 1. The van der Waals surface area contributed by atoms with Crippen molar-refractivity contribution in [3.8, 4) is 0 Å². The van der Waals surface area contributed by atoms with Crippen LogP contribution in [0, 0.1) is 5.82 Å². The van der Waals surface area contributed by atoms with E-state index < -0.39 is 11.8 Å². The number of aromatic nitrogens is 1. The summed E-state index contributed by atoms with van der Waals surface area (Å²) in [5, 5.41) is 8.41. The van der Waals surface area contributed by atoms with Gasteiger partial charge in [-0.15, -0.1) is 0 Å². The maximum absolute atomic E-state index is 12.5. The molecule has 0 fully saturated rings. The Bertz CT molecular complexity index is 426. The van der Waals surface area contributed by atoms with Gasteiger partial charge in [0, 0.05) is 11.9 Å². The second-order valence-electron chi connectivity index (χ2n) is 2.92. The number of halogens is 1. The molecule has 16 heavy (non-hydrogen) atoms. The van der Waals surface area contributed by atoms with Gasteiger partial charge < -0.3 is 10.8 Å². The molecular weight excluding hydrogens is 213 g/mol. The molecule has 0 atom stereocenters. The number of hydrogen-bond donors (Lipinski definition) is 2. The smallest absolute Gasteiger partial charge is 0.309 e. The minimum atomic E-state index is -1.01. The van der Waals surface area contributed by atoms with Crippen molar-refractivity contribution in [2.24, 2.45) is 10.7 Å². The number of carbonyl (C=O) groups is 1. The van der Waals surface area contributed by atoms with Gasteiger partial charge in [0.15, 0.2) is 5.82 Å². The van der Waals surface area contributed by atoms with Crippen LogP contribution in [0.4, 0.5) is 10.2 Å². The van der Waals surface area contributed by atoms with E-state index in [0.29, 0.717) is 5.82 Å². The van der Waals surface area contributed by atoms with Crippen molar-refractivity contribution in [2.45, 2.75) is 6.42 Å². The van der Waals surface area contributed by atoms with Crippen LogP contribution in [0.25, 0.3) is 0 Å². The Morgan fingerprint density at radius 3 is 2.94 bits per heavy atom. The van der Waals surface area contributed by atoms with Gasteiger partial charge in [-0.25, -0.2) is 14.4 Å². The fourth-order valence-electron chi connectivity index (χ4n) is 0.887. The number of aliphatic imine (C=N–C) groups is 1. The summed E-state index contributed by atoms with van der Waals surface area (Å²) in [4.78, 5) is 17.8. The Balaban J connectivity index is 2.60. The molecule has 3 N–H and O–H groups in total. The Kier molecular flexibility index (Phi) is 4.14. The number of hydrogen-bond acceptors (Lipinski definition) is 4. The topological polar surface area (TPSA) is 88.6 Å². The van der Waals surface area contributed by atoms with Gasteiger partial charge in [-0.3, -0.25) is 4.79 Å². The first kappa shape index (κ1) is 11.8. The molecule has 1 rings (SSSR count). The van der Waals surface area contributed by atoms with Crippen LogP contribution in [0.1, 0.15) is 6.42 Å². The lowest BCUT2D eigenvalue weighted by molar-refractivity contribution is -0.136. The molecule has 1 aromatic rings. The lowest BCUT2D eigenvalue weighted by Crippen LogP contribution is -2.04. The van der Waals surface area contributed by atoms with Crippen molar-refractivity contribution in [1.29, 1.82) is 0 Å². The third-order valence-electron chi connectivity index (χ3n) is 1.56. The second kappa shape index (κ2) is 5.59. The summed E-state index contributed by atoms with van der Waals surface area (Å²) in [5.41, 5.74) is 5.55. The van der Waals surface area contributed by atoms with Gasteiger partial charge in [-0.1, -0.05) is 0 Å². The Hall–Kier alpha value is -2.24. The zero-order valence-corrected chi connectivity index (χ0v) is 8.30. The molecule has 0 radical (unpaired) electrons. The van der Waals surface area contributed by atoms with Crippen LogP contribution >= 0.6 is 0 Å². The predicted molar refractivity (Wildman–Crippen MR) is 56.9 cm³/mol. The van der Waals surface area contributed by atoms with Gasteiger partial charge in [0.2, 0.25) is 0 Å². The summed E-state index contributed by atoms with van der Waals surface area (Å²) in [7, 11) is 0. The maximum Gasteiger partial charge on any atom is 0.309 e. The van der Waals surface area contributed by atoms with Crippen LogP contribution in [-0.4, -0.2) is 22.3 Å². The van der Waals surface area contributed by atoms with E-state index in [1.165, 1.54) is 24.4 Å². The summed E-state index contributed by atoms with van der Waals surface area (Å²) in [6.07, 6.45) is 3.47. The minimum absolute atomic E-state index is 0.179. The summed E-state index contributed by atoms with van der Waals surface area (Å²) >= 11 is 0. The number of pyridine rings is 1. The molecule has 84 valence electrons. The number of rotatable bonds is 4. The average Bonchev–Trinajstić information content (AvgIpc) is 2.20. The van der Waals surface area contributed by atoms with Gasteiger partial charge in [0.25, 0.3) is 0 Å². The molecule has 0 bridgehead atoms. The summed E-state index contributed by atoms with van der Waals surface area (Å²) in [6, 6.07) is 2.62. The van der Waals surface area contributed by atoms with Crippen molar-refractivity contribution in [3.63, 3.8) is 0 Å². The van der Waals surface area contributed by atoms with E-state index in [0.717, 1.165) is 6.20 Å². The number of nitrogens with zero attached hydrogens (tertiary/aromatic N) is 2. The molecule has 0 aliphatic rings. The fraction of sp³-hybridized carbons (Fsp3) is 0.100. The van der Waals surface area contributed by atoms with Crippen LogP contribution in [0.15, 0.2) is 35.1 Å². The Morgan fingerprint density at radius 1 is 1.62 bits per heavy atom. The van der Waals surface area contributed by atoms with Crippen LogP contribution in [-0.2, 0) is 4.79 Å². The molecule has 6 heteroatoms. The monoisotopic (exact) mass is 223 g/mol.